The third kappa shape index (κ3) is 3.26. The maximum Gasteiger partial charge on any atom is 0.206 e. The Balaban J connectivity index is 2.08. The first-order valence-electron chi connectivity index (χ1n) is 5.53. The smallest absolute Gasteiger partial charge is 0.206 e. The molecule has 0 aliphatic heterocycles. The van der Waals surface area contributed by atoms with E-state index < -0.39 is 0 Å². The van der Waals surface area contributed by atoms with Crippen LogP contribution in [0.15, 0.2) is 28.7 Å². The molecule has 0 aliphatic carbocycles. The Labute approximate surface area is 113 Å². The number of hydrogen-bond donors (Lipinski definition) is 1. The van der Waals surface area contributed by atoms with Gasteiger partial charge in [-0.05, 0) is 31.0 Å². The van der Waals surface area contributed by atoms with Crippen LogP contribution < -0.4 is 5.32 Å². The molecule has 1 atom stereocenters. The lowest BCUT2D eigenvalue weighted by atomic mass is 10.1. The van der Waals surface area contributed by atoms with Crippen molar-refractivity contribution in [1.29, 1.82) is 0 Å². The number of benzene rings is 1. The van der Waals surface area contributed by atoms with Gasteiger partial charge in [0.2, 0.25) is 5.13 Å². The number of halogens is 1. The van der Waals surface area contributed by atoms with Crippen LogP contribution in [0.5, 0.6) is 0 Å². The number of anilines is 1. The van der Waals surface area contributed by atoms with Gasteiger partial charge in [0.05, 0.1) is 6.04 Å². The van der Waals surface area contributed by atoms with Crippen molar-refractivity contribution in [2.45, 2.75) is 26.3 Å². The van der Waals surface area contributed by atoms with Gasteiger partial charge in [0.1, 0.15) is 5.01 Å². The molecule has 0 fully saturated rings. The Morgan fingerprint density at radius 2 is 2.24 bits per heavy atom. The van der Waals surface area contributed by atoms with Gasteiger partial charge < -0.3 is 5.32 Å². The van der Waals surface area contributed by atoms with Gasteiger partial charge in [-0.2, -0.15) is 0 Å². The van der Waals surface area contributed by atoms with Crippen LogP contribution in [0, 0.1) is 0 Å². The van der Waals surface area contributed by atoms with Crippen LogP contribution in [0.2, 0.25) is 0 Å². The quantitative estimate of drug-likeness (QED) is 0.926. The molecule has 1 unspecified atom stereocenters. The zero-order chi connectivity index (χ0) is 12.3. The average molecular weight is 312 g/mol. The lowest BCUT2D eigenvalue weighted by Crippen LogP contribution is -2.06. The Morgan fingerprint density at radius 1 is 1.41 bits per heavy atom. The van der Waals surface area contributed by atoms with Crippen molar-refractivity contribution < 1.29 is 0 Å². The largest absolute Gasteiger partial charge is 0.354 e. The summed E-state index contributed by atoms with van der Waals surface area (Å²) < 4.78 is 1.09. The van der Waals surface area contributed by atoms with Crippen molar-refractivity contribution in [3.05, 3.63) is 39.3 Å². The summed E-state index contributed by atoms with van der Waals surface area (Å²) in [6.45, 7) is 4.21. The predicted molar refractivity (Wildman–Crippen MR) is 75.5 cm³/mol. The molecule has 17 heavy (non-hydrogen) atoms. The molecule has 1 aromatic heterocycles. The van der Waals surface area contributed by atoms with E-state index in [2.05, 4.69) is 57.4 Å². The van der Waals surface area contributed by atoms with Gasteiger partial charge in [0.25, 0.3) is 0 Å². The second-order valence-corrected chi connectivity index (χ2v) is 5.75. The molecular weight excluding hydrogens is 298 g/mol. The molecule has 0 aliphatic rings. The number of aromatic nitrogens is 2. The van der Waals surface area contributed by atoms with Crippen molar-refractivity contribution in [3.8, 4) is 0 Å². The van der Waals surface area contributed by atoms with Crippen LogP contribution in [0.25, 0.3) is 0 Å². The van der Waals surface area contributed by atoms with Crippen LogP contribution in [0.4, 0.5) is 5.13 Å². The maximum atomic E-state index is 4.12. The summed E-state index contributed by atoms with van der Waals surface area (Å²) in [5.41, 5.74) is 1.23. The Kier molecular flexibility index (Phi) is 4.12. The van der Waals surface area contributed by atoms with Gasteiger partial charge >= 0.3 is 0 Å². The standard InChI is InChI=1S/C12H14BrN3S/c1-3-11-15-16-12(17-11)14-8(2)9-5-4-6-10(13)7-9/h4-8H,3H2,1-2H3,(H,14,16). The molecule has 90 valence electrons. The van der Waals surface area contributed by atoms with Crippen LogP contribution in [-0.2, 0) is 6.42 Å². The van der Waals surface area contributed by atoms with Crippen LogP contribution in [-0.4, -0.2) is 10.2 Å². The van der Waals surface area contributed by atoms with E-state index in [1.165, 1.54) is 5.56 Å². The Hall–Kier alpha value is -0.940. The fraction of sp³-hybridized carbons (Fsp3) is 0.333. The van der Waals surface area contributed by atoms with E-state index in [0.717, 1.165) is 21.0 Å². The Morgan fingerprint density at radius 3 is 2.88 bits per heavy atom. The minimum absolute atomic E-state index is 0.227. The minimum Gasteiger partial charge on any atom is -0.354 e. The SMILES string of the molecule is CCc1nnc(NC(C)c2cccc(Br)c2)s1. The lowest BCUT2D eigenvalue weighted by Gasteiger charge is -2.12. The number of nitrogens with zero attached hydrogens (tertiary/aromatic N) is 2. The number of nitrogens with one attached hydrogen (secondary N) is 1. The van der Waals surface area contributed by atoms with Gasteiger partial charge in [0.15, 0.2) is 0 Å². The average Bonchev–Trinajstić information content (AvgIpc) is 2.77. The first-order valence-corrected chi connectivity index (χ1v) is 7.14. The molecule has 1 aromatic carbocycles. The first-order chi connectivity index (χ1) is 8.19. The normalized spacial score (nSPS) is 12.4. The highest BCUT2D eigenvalue weighted by molar-refractivity contribution is 9.10. The second kappa shape index (κ2) is 5.60. The summed E-state index contributed by atoms with van der Waals surface area (Å²) >= 11 is 5.09. The molecule has 2 aromatic rings. The topological polar surface area (TPSA) is 37.8 Å². The molecule has 1 heterocycles. The summed E-state index contributed by atoms with van der Waals surface area (Å²) in [6, 6.07) is 8.50. The van der Waals surface area contributed by atoms with Crippen molar-refractivity contribution in [2.75, 3.05) is 5.32 Å². The number of hydrogen-bond acceptors (Lipinski definition) is 4. The molecule has 2 rings (SSSR count). The van der Waals surface area contributed by atoms with Gasteiger partial charge in [0, 0.05) is 4.47 Å². The van der Waals surface area contributed by atoms with Crippen molar-refractivity contribution >= 4 is 32.4 Å². The molecule has 0 amide bonds. The van der Waals surface area contributed by atoms with Crippen molar-refractivity contribution in [3.63, 3.8) is 0 Å². The molecule has 0 saturated heterocycles. The monoisotopic (exact) mass is 311 g/mol. The highest BCUT2D eigenvalue weighted by atomic mass is 79.9. The van der Waals surface area contributed by atoms with Crippen LogP contribution in [0.3, 0.4) is 0 Å². The number of aryl methyl sites for hydroxylation is 1. The minimum atomic E-state index is 0.227. The molecule has 3 nitrogen and oxygen atoms in total. The van der Waals surface area contributed by atoms with Gasteiger partial charge in [-0.25, -0.2) is 0 Å². The van der Waals surface area contributed by atoms with E-state index in [1.54, 1.807) is 11.3 Å². The fourth-order valence-electron chi connectivity index (χ4n) is 1.50. The van der Waals surface area contributed by atoms with E-state index in [-0.39, 0.29) is 6.04 Å². The van der Waals surface area contributed by atoms with Crippen LogP contribution in [0.1, 0.15) is 30.5 Å². The third-order valence-electron chi connectivity index (χ3n) is 2.46. The summed E-state index contributed by atoms with van der Waals surface area (Å²) in [7, 11) is 0. The highest BCUT2D eigenvalue weighted by Gasteiger charge is 2.08. The zero-order valence-corrected chi connectivity index (χ0v) is 12.2. The zero-order valence-electron chi connectivity index (χ0n) is 9.77. The van der Waals surface area contributed by atoms with Crippen molar-refractivity contribution in [1.82, 2.24) is 10.2 Å². The lowest BCUT2D eigenvalue weighted by molar-refractivity contribution is 0.869. The molecule has 0 spiro atoms. The van der Waals surface area contributed by atoms with Gasteiger partial charge in [-0.1, -0.05) is 46.3 Å². The van der Waals surface area contributed by atoms with Gasteiger partial charge in [-0.15, -0.1) is 10.2 Å². The van der Waals surface area contributed by atoms with Crippen molar-refractivity contribution in [2.24, 2.45) is 0 Å². The summed E-state index contributed by atoms with van der Waals surface area (Å²) in [6.07, 6.45) is 0.935. The fourth-order valence-corrected chi connectivity index (χ4v) is 2.68. The summed E-state index contributed by atoms with van der Waals surface area (Å²) in [5, 5.41) is 13.5. The molecule has 0 saturated carbocycles. The van der Waals surface area contributed by atoms with Gasteiger partial charge in [-0.3, -0.25) is 0 Å². The molecule has 0 radical (unpaired) electrons. The van der Waals surface area contributed by atoms with E-state index in [4.69, 9.17) is 0 Å². The highest BCUT2D eigenvalue weighted by Crippen LogP contribution is 2.24. The number of rotatable bonds is 4. The molecular formula is C12H14BrN3S. The van der Waals surface area contributed by atoms with E-state index in [1.807, 2.05) is 12.1 Å². The second-order valence-electron chi connectivity index (χ2n) is 3.78. The van der Waals surface area contributed by atoms with E-state index >= 15 is 0 Å². The van der Waals surface area contributed by atoms with E-state index in [9.17, 15) is 0 Å². The Bertz CT molecular complexity index is 498. The van der Waals surface area contributed by atoms with E-state index in [0.29, 0.717) is 0 Å². The summed E-state index contributed by atoms with van der Waals surface area (Å²) in [4.78, 5) is 0. The maximum absolute atomic E-state index is 4.12. The molecule has 1 N–H and O–H groups in total. The molecule has 5 heteroatoms. The molecule has 0 bridgehead atoms. The third-order valence-corrected chi connectivity index (χ3v) is 3.95. The predicted octanol–water partition coefficient (Wildman–Crippen LogP) is 4.04. The first kappa shape index (κ1) is 12.5. The summed E-state index contributed by atoms with van der Waals surface area (Å²) in [5.74, 6) is 0. The van der Waals surface area contributed by atoms with Crippen LogP contribution >= 0.6 is 27.3 Å².